The molecule has 0 radical (unpaired) electrons. The predicted octanol–water partition coefficient (Wildman–Crippen LogP) is 2.16. The maximum Gasteiger partial charge on any atom is 0.315 e. The van der Waals surface area contributed by atoms with Crippen LogP contribution in [0.1, 0.15) is 50.4 Å². The number of nitrogens with zero attached hydrogens (tertiary/aromatic N) is 2. The number of aliphatic hydroxyl groups is 1. The van der Waals surface area contributed by atoms with Gasteiger partial charge in [0.05, 0.1) is 29.1 Å². The first-order valence-electron chi connectivity index (χ1n) is 7.21. The van der Waals surface area contributed by atoms with Gasteiger partial charge in [0.15, 0.2) is 0 Å². The largest absolute Gasteiger partial charge is 0.459 e. The lowest BCUT2D eigenvalue weighted by atomic mass is 9.79. The summed E-state index contributed by atoms with van der Waals surface area (Å²) in [6, 6.07) is 0. The summed E-state index contributed by atoms with van der Waals surface area (Å²) in [5, 5.41) is 10.2. The van der Waals surface area contributed by atoms with E-state index in [1.165, 1.54) is 0 Å². The summed E-state index contributed by atoms with van der Waals surface area (Å²) in [5.74, 6) is -0.299. The molecule has 1 atom stereocenters. The summed E-state index contributed by atoms with van der Waals surface area (Å²) in [5.41, 5.74) is 0.740. The van der Waals surface area contributed by atoms with E-state index in [1.807, 2.05) is 13.8 Å². The van der Waals surface area contributed by atoms with E-state index in [0.717, 1.165) is 18.5 Å². The molecule has 1 aliphatic carbocycles. The number of carbonyl (C=O) groups is 1. The smallest absolute Gasteiger partial charge is 0.315 e. The Morgan fingerprint density at radius 3 is 2.65 bits per heavy atom. The summed E-state index contributed by atoms with van der Waals surface area (Å²) in [6.45, 7) is 3.86. The number of carbonyl (C=O) groups excluding carboxylic acids is 1. The Morgan fingerprint density at radius 2 is 2.10 bits per heavy atom. The van der Waals surface area contributed by atoms with Crippen LogP contribution in [-0.4, -0.2) is 27.1 Å². The van der Waals surface area contributed by atoms with Crippen LogP contribution in [0.2, 0.25) is 0 Å². The highest BCUT2D eigenvalue weighted by Gasteiger charge is 2.47. The molecule has 20 heavy (non-hydrogen) atoms. The quantitative estimate of drug-likeness (QED) is 0.836. The van der Waals surface area contributed by atoms with E-state index in [0.29, 0.717) is 25.0 Å². The molecule has 1 aromatic rings. The molecule has 5 heteroatoms. The molecule has 1 heterocycles. The molecule has 1 unspecified atom stereocenters. The molecule has 5 nitrogen and oxygen atoms in total. The highest BCUT2D eigenvalue weighted by atomic mass is 16.5. The van der Waals surface area contributed by atoms with Crippen molar-refractivity contribution < 1.29 is 14.6 Å². The zero-order chi connectivity index (χ0) is 14.6. The first-order valence-corrected chi connectivity index (χ1v) is 7.21. The van der Waals surface area contributed by atoms with Gasteiger partial charge in [0, 0.05) is 6.20 Å². The average Bonchev–Trinajstić information content (AvgIpc) is 2.96. The standard InChI is InChI=1S/C15H22N2O3/c1-3-13(18)15(6-4-5-7-15)14(19)20-10-12-9-16-11(2)8-17-12/h8-9,13,18H,3-7,10H2,1-2H3. The summed E-state index contributed by atoms with van der Waals surface area (Å²) in [6.07, 6.45) is 6.56. The number of aromatic nitrogens is 2. The van der Waals surface area contributed by atoms with Gasteiger partial charge in [0.25, 0.3) is 0 Å². The van der Waals surface area contributed by atoms with Crippen molar-refractivity contribution >= 4 is 5.97 Å². The zero-order valence-electron chi connectivity index (χ0n) is 12.1. The lowest BCUT2D eigenvalue weighted by Gasteiger charge is -2.31. The minimum atomic E-state index is -0.715. The Labute approximate surface area is 119 Å². The van der Waals surface area contributed by atoms with Crippen LogP contribution in [0.3, 0.4) is 0 Å². The third-order valence-corrected chi connectivity index (χ3v) is 4.11. The van der Waals surface area contributed by atoms with Crippen molar-refractivity contribution in [1.29, 1.82) is 0 Å². The van der Waals surface area contributed by atoms with Crippen LogP contribution in [0.4, 0.5) is 0 Å². The van der Waals surface area contributed by atoms with E-state index in [-0.39, 0.29) is 12.6 Å². The number of esters is 1. The molecule has 0 amide bonds. The van der Waals surface area contributed by atoms with Gasteiger partial charge in [0.1, 0.15) is 6.61 Å². The van der Waals surface area contributed by atoms with Gasteiger partial charge < -0.3 is 9.84 Å². The van der Waals surface area contributed by atoms with Crippen molar-refractivity contribution in [3.05, 3.63) is 23.8 Å². The van der Waals surface area contributed by atoms with Gasteiger partial charge in [-0.1, -0.05) is 19.8 Å². The van der Waals surface area contributed by atoms with E-state index in [4.69, 9.17) is 4.74 Å². The van der Waals surface area contributed by atoms with Crippen LogP contribution in [0, 0.1) is 12.3 Å². The third kappa shape index (κ3) is 2.98. The van der Waals surface area contributed by atoms with Gasteiger partial charge in [0.2, 0.25) is 0 Å². The van der Waals surface area contributed by atoms with Crippen LogP contribution in [-0.2, 0) is 16.1 Å². The Hall–Kier alpha value is -1.49. The van der Waals surface area contributed by atoms with Crippen LogP contribution in [0.15, 0.2) is 12.4 Å². The van der Waals surface area contributed by atoms with Gasteiger partial charge in [-0.25, -0.2) is 0 Å². The number of aryl methyl sites for hydroxylation is 1. The Morgan fingerprint density at radius 1 is 1.40 bits per heavy atom. The van der Waals surface area contributed by atoms with E-state index in [9.17, 15) is 9.90 Å². The molecular weight excluding hydrogens is 256 g/mol. The molecule has 0 aromatic carbocycles. The zero-order valence-corrected chi connectivity index (χ0v) is 12.1. The van der Waals surface area contributed by atoms with Gasteiger partial charge in [-0.05, 0) is 26.2 Å². The summed E-state index contributed by atoms with van der Waals surface area (Å²) >= 11 is 0. The van der Waals surface area contributed by atoms with Crippen LogP contribution >= 0.6 is 0 Å². The Bertz CT molecular complexity index is 453. The number of rotatable bonds is 5. The average molecular weight is 278 g/mol. The second-order valence-corrected chi connectivity index (χ2v) is 5.51. The van der Waals surface area contributed by atoms with Crippen molar-refractivity contribution in [3.63, 3.8) is 0 Å². The molecule has 1 aliphatic rings. The predicted molar refractivity (Wildman–Crippen MR) is 73.8 cm³/mol. The number of ether oxygens (including phenoxy) is 1. The van der Waals surface area contributed by atoms with E-state index < -0.39 is 11.5 Å². The molecule has 0 bridgehead atoms. The van der Waals surface area contributed by atoms with Gasteiger partial charge >= 0.3 is 5.97 Å². The molecule has 110 valence electrons. The minimum Gasteiger partial charge on any atom is -0.459 e. The SMILES string of the molecule is CCC(O)C1(C(=O)OCc2cnc(C)cn2)CCCC1. The van der Waals surface area contributed by atoms with Gasteiger partial charge in [-0.15, -0.1) is 0 Å². The molecule has 0 saturated heterocycles. The van der Waals surface area contributed by atoms with E-state index >= 15 is 0 Å². The van der Waals surface area contributed by atoms with Crippen LogP contribution < -0.4 is 0 Å². The van der Waals surface area contributed by atoms with Crippen LogP contribution in [0.5, 0.6) is 0 Å². The number of aliphatic hydroxyl groups excluding tert-OH is 1. The fraction of sp³-hybridized carbons (Fsp3) is 0.667. The van der Waals surface area contributed by atoms with E-state index in [1.54, 1.807) is 12.4 Å². The second-order valence-electron chi connectivity index (χ2n) is 5.51. The number of hydrogen-bond donors (Lipinski definition) is 1. The highest BCUT2D eigenvalue weighted by molar-refractivity contribution is 5.78. The van der Waals surface area contributed by atoms with Gasteiger partial charge in [-0.2, -0.15) is 0 Å². The van der Waals surface area contributed by atoms with Crippen molar-refractivity contribution in [2.24, 2.45) is 5.41 Å². The molecule has 1 N–H and O–H groups in total. The second kappa shape index (κ2) is 6.31. The third-order valence-electron chi connectivity index (χ3n) is 4.11. The lowest BCUT2D eigenvalue weighted by molar-refractivity contribution is -0.165. The Balaban J connectivity index is 2.00. The number of hydrogen-bond acceptors (Lipinski definition) is 5. The normalized spacial score (nSPS) is 18.8. The van der Waals surface area contributed by atoms with Crippen LogP contribution in [0.25, 0.3) is 0 Å². The van der Waals surface area contributed by atoms with Crippen molar-refractivity contribution in [2.45, 2.75) is 58.7 Å². The van der Waals surface area contributed by atoms with E-state index in [2.05, 4.69) is 9.97 Å². The summed E-state index contributed by atoms with van der Waals surface area (Å²) in [4.78, 5) is 20.7. The monoisotopic (exact) mass is 278 g/mol. The molecule has 0 aliphatic heterocycles. The summed E-state index contributed by atoms with van der Waals surface area (Å²) in [7, 11) is 0. The molecule has 1 aromatic heterocycles. The molecular formula is C15H22N2O3. The van der Waals surface area contributed by atoms with Crippen molar-refractivity contribution in [2.75, 3.05) is 0 Å². The topological polar surface area (TPSA) is 72.3 Å². The molecule has 1 fully saturated rings. The fourth-order valence-electron chi connectivity index (χ4n) is 2.85. The highest BCUT2D eigenvalue weighted by Crippen LogP contribution is 2.43. The minimum absolute atomic E-state index is 0.115. The van der Waals surface area contributed by atoms with Crippen molar-refractivity contribution in [3.8, 4) is 0 Å². The first-order chi connectivity index (χ1) is 9.58. The maximum atomic E-state index is 12.4. The first kappa shape index (κ1) is 14.9. The molecule has 1 saturated carbocycles. The lowest BCUT2D eigenvalue weighted by Crippen LogP contribution is -2.41. The molecule has 0 spiro atoms. The maximum absolute atomic E-state index is 12.4. The molecule has 2 rings (SSSR count). The van der Waals surface area contributed by atoms with Gasteiger partial charge in [-0.3, -0.25) is 14.8 Å². The van der Waals surface area contributed by atoms with Crippen molar-refractivity contribution in [1.82, 2.24) is 9.97 Å². The summed E-state index contributed by atoms with van der Waals surface area (Å²) < 4.78 is 5.38. The fourth-order valence-corrected chi connectivity index (χ4v) is 2.85. The Kier molecular flexibility index (Phi) is 4.70.